The number of amides is 1. The van der Waals surface area contributed by atoms with Gasteiger partial charge in [0.1, 0.15) is 4.21 Å². The SMILES string of the molecule is CN(CCNC(=O)CCCN(C)S(=O)(=O)c1cccs1)c1ccccc1. The quantitative estimate of drug-likeness (QED) is 0.671. The van der Waals surface area contributed by atoms with Crippen molar-refractivity contribution in [3.05, 3.63) is 47.8 Å². The van der Waals surface area contributed by atoms with Crippen LogP contribution in [0.1, 0.15) is 12.8 Å². The van der Waals surface area contributed by atoms with Crippen LogP contribution in [-0.4, -0.2) is 52.4 Å². The molecule has 0 fully saturated rings. The topological polar surface area (TPSA) is 69.7 Å². The Morgan fingerprint density at radius 3 is 2.46 bits per heavy atom. The molecule has 0 saturated carbocycles. The van der Waals surface area contributed by atoms with E-state index in [1.807, 2.05) is 37.4 Å². The lowest BCUT2D eigenvalue weighted by Crippen LogP contribution is -2.33. The molecule has 0 saturated heterocycles. The fourth-order valence-electron chi connectivity index (χ4n) is 2.41. The highest BCUT2D eigenvalue weighted by Gasteiger charge is 2.21. The van der Waals surface area contributed by atoms with Crippen LogP contribution >= 0.6 is 11.3 Å². The summed E-state index contributed by atoms with van der Waals surface area (Å²) in [5.41, 5.74) is 1.10. The molecule has 1 amide bonds. The van der Waals surface area contributed by atoms with E-state index in [1.54, 1.807) is 24.6 Å². The zero-order valence-corrected chi connectivity index (χ0v) is 16.7. The molecule has 1 aromatic carbocycles. The average Bonchev–Trinajstić information content (AvgIpc) is 3.17. The number of sulfonamides is 1. The summed E-state index contributed by atoms with van der Waals surface area (Å²) in [7, 11) is 0.0826. The van der Waals surface area contributed by atoms with Crippen LogP contribution in [0.15, 0.2) is 52.1 Å². The lowest BCUT2D eigenvalue weighted by Gasteiger charge is -2.19. The molecule has 2 aromatic rings. The van der Waals surface area contributed by atoms with Gasteiger partial charge in [-0.15, -0.1) is 11.3 Å². The van der Waals surface area contributed by atoms with Gasteiger partial charge in [0.15, 0.2) is 0 Å². The third-order valence-corrected chi connectivity index (χ3v) is 7.23. The number of carbonyl (C=O) groups excluding carboxylic acids is 1. The number of carbonyl (C=O) groups is 1. The summed E-state index contributed by atoms with van der Waals surface area (Å²) >= 11 is 1.20. The molecule has 0 unspecified atom stereocenters. The van der Waals surface area contributed by atoms with Crippen LogP contribution in [0.2, 0.25) is 0 Å². The predicted molar refractivity (Wildman–Crippen MR) is 106 cm³/mol. The zero-order chi connectivity index (χ0) is 19.0. The van der Waals surface area contributed by atoms with Crippen molar-refractivity contribution in [2.45, 2.75) is 17.1 Å². The Labute approximate surface area is 159 Å². The molecule has 1 aromatic heterocycles. The molecule has 0 aliphatic carbocycles. The van der Waals surface area contributed by atoms with Crippen LogP contribution in [0.4, 0.5) is 5.69 Å². The monoisotopic (exact) mass is 395 g/mol. The first-order valence-electron chi connectivity index (χ1n) is 8.44. The van der Waals surface area contributed by atoms with Gasteiger partial charge in [-0.2, -0.15) is 0 Å². The first-order chi connectivity index (χ1) is 12.4. The Morgan fingerprint density at radius 2 is 1.81 bits per heavy atom. The minimum atomic E-state index is -3.44. The molecule has 1 N–H and O–H groups in total. The van der Waals surface area contributed by atoms with E-state index in [-0.39, 0.29) is 5.91 Å². The van der Waals surface area contributed by atoms with Crippen molar-refractivity contribution >= 4 is 33.0 Å². The van der Waals surface area contributed by atoms with Crippen molar-refractivity contribution in [2.75, 3.05) is 38.6 Å². The molecule has 142 valence electrons. The van der Waals surface area contributed by atoms with Gasteiger partial charge in [0.05, 0.1) is 0 Å². The fraction of sp³-hybridized carbons (Fsp3) is 0.389. The van der Waals surface area contributed by atoms with E-state index in [1.165, 1.54) is 15.6 Å². The van der Waals surface area contributed by atoms with E-state index in [9.17, 15) is 13.2 Å². The maximum absolute atomic E-state index is 12.3. The van der Waals surface area contributed by atoms with Crippen molar-refractivity contribution in [1.82, 2.24) is 9.62 Å². The molecule has 0 bridgehead atoms. The smallest absolute Gasteiger partial charge is 0.252 e. The van der Waals surface area contributed by atoms with E-state index >= 15 is 0 Å². The summed E-state index contributed by atoms with van der Waals surface area (Å²) in [5, 5.41) is 4.61. The van der Waals surface area contributed by atoms with Gasteiger partial charge in [-0.05, 0) is 30.0 Å². The number of hydrogen-bond donors (Lipinski definition) is 1. The van der Waals surface area contributed by atoms with Crippen LogP contribution in [0.25, 0.3) is 0 Å². The van der Waals surface area contributed by atoms with E-state index in [2.05, 4.69) is 10.2 Å². The van der Waals surface area contributed by atoms with Gasteiger partial charge >= 0.3 is 0 Å². The summed E-state index contributed by atoms with van der Waals surface area (Å²) in [6.45, 7) is 1.58. The molecule has 26 heavy (non-hydrogen) atoms. The van der Waals surface area contributed by atoms with Crippen molar-refractivity contribution in [1.29, 1.82) is 0 Å². The molecule has 0 aliphatic heterocycles. The standard InChI is InChI=1S/C18H25N3O3S2/c1-20(16-8-4-3-5-9-16)14-12-19-17(22)10-6-13-21(2)26(23,24)18-11-7-15-25-18/h3-5,7-9,11,15H,6,10,12-14H2,1-2H3,(H,19,22). The number of nitrogens with zero attached hydrogens (tertiary/aromatic N) is 2. The zero-order valence-electron chi connectivity index (χ0n) is 15.1. The number of benzene rings is 1. The van der Waals surface area contributed by atoms with Gasteiger partial charge in [-0.1, -0.05) is 24.3 Å². The summed E-state index contributed by atoms with van der Waals surface area (Å²) < 4.78 is 26.2. The molecular formula is C18H25N3O3S2. The van der Waals surface area contributed by atoms with Gasteiger partial charge in [-0.25, -0.2) is 12.7 Å². The average molecular weight is 396 g/mol. The van der Waals surface area contributed by atoms with Gasteiger partial charge in [0.2, 0.25) is 5.91 Å². The second-order valence-electron chi connectivity index (χ2n) is 5.97. The Bertz CT molecular complexity index is 777. The summed E-state index contributed by atoms with van der Waals surface area (Å²) in [5.74, 6) is -0.0617. The number of likely N-dealkylation sites (N-methyl/N-ethyl adjacent to an activating group) is 1. The highest BCUT2D eigenvalue weighted by Crippen LogP contribution is 2.19. The number of anilines is 1. The first-order valence-corrected chi connectivity index (χ1v) is 10.8. The van der Waals surface area contributed by atoms with Crippen molar-refractivity contribution in [3.8, 4) is 0 Å². The Balaban J connectivity index is 1.66. The maximum Gasteiger partial charge on any atom is 0.252 e. The molecule has 0 spiro atoms. The van der Waals surface area contributed by atoms with Crippen LogP contribution in [-0.2, 0) is 14.8 Å². The van der Waals surface area contributed by atoms with Crippen LogP contribution < -0.4 is 10.2 Å². The second-order valence-corrected chi connectivity index (χ2v) is 9.19. The largest absolute Gasteiger partial charge is 0.373 e. The first kappa shape index (κ1) is 20.4. The van der Waals surface area contributed by atoms with Crippen LogP contribution in [0.3, 0.4) is 0 Å². The highest BCUT2D eigenvalue weighted by molar-refractivity contribution is 7.91. The maximum atomic E-state index is 12.3. The Kier molecular flexibility index (Phi) is 7.62. The van der Waals surface area contributed by atoms with Gasteiger partial charge in [-0.3, -0.25) is 4.79 Å². The minimum absolute atomic E-state index is 0.0617. The number of rotatable bonds is 10. The minimum Gasteiger partial charge on any atom is -0.373 e. The van der Waals surface area contributed by atoms with Crippen LogP contribution in [0.5, 0.6) is 0 Å². The summed E-state index contributed by atoms with van der Waals surface area (Å²) in [4.78, 5) is 14.0. The molecule has 0 radical (unpaired) electrons. The lowest BCUT2D eigenvalue weighted by atomic mass is 10.3. The number of hydrogen-bond acceptors (Lipinski definition) is 5. The Hall–Kier alpha value is -1.90. The lowest BCUT2D eigenvalue weighted by molar-refractivity contribution is -0.121. The highest BCUT2D eigenvalue weighted by atomic mass is 32.2. The Morgan fingerprint density at radius 1 is 1.08 bits per heavy atom. The van der Waals surface area contributed by atoms with Gasteiger partial charge in [0, 0.05) is 45.8 Å². The third kappa shape index (κ3) is 5.82. The third-order valence-electron chi connectivity index (χ3n) is 4.00. The summed E-state index contributed by atoms with van der Waals surface area (Å²) in [6.07, 6.45) is 0.792. The van der Waals surface area contributed by atoms with Crippen molar-refractivity contribution < 1.29 is 13.2 Å². The molecule has 0 aliphatic rings. The van der Waals surface area contributed by atoms with Crippen molar-refractivity contribution in [2.24, 2.45) is 0 Å². The van der Waals surface area contributed by atoms with Crippen molar-refractivity contribution in [3.63, 3.8) is 0 Å². The molecule has 1 heterocycles. The normalized spacial score (nSPS) is 11.5. The second kappa shape index (κ2) is 9.70. The van der Waals surface area contributed by atoms with E-state index < -0.39 is 10.0 Å². The van der Waals surface area contributed by atoms with E-state index in [0.717, 1.165) is 5.69 Å². The molecule has 6 nitrogen and oxygen atoms in total. The van der Waals surface area contributed by atoms with Gasteiger partial charge < -0.3 is 10.2 Å². The molecule has 0 atom stereocenters. The molecule has 2 rings (SSSR count). The number of thiophene rings is 1. The molecular weight excluding hydrogens is 370 g/mol. The molecule has 8 heteroatoms. The predicted octanol–water partition coefficient (Wildman–Crippen LogP) is 2.40. The van der Waals surface area contributed by atoms with Crippen LogP contribution in [0, 0.1) is 0 Å². The fourth-order valence-corrected chi connectivity index (χ4v) is 4.82. The number of para-hydroxylation sites is 1. The summed E-state index contributed by atoms with van der Waals surface area (Å²) in [6, 6.07) is 13.3. The van der Waals surface area contributed by atoms with E-state index in [0.29, 0.717) is 36.7 Å². The number of nitrogens with one attached hydrogen (secondary N) is 1. The van der Waals surface area contributed by atoms with Gasteiger partial charge in [0.25, 0.3) is 10.0 Å². The van der Waals surface area contributed by atoms with E-state index in [4.69, 9.17) is 0 Å².